The summed E-state index contributed by atoms with van der Waals surface area (Å²) in [5, 5.41) is 9.54. The average molecular weight is 556 g/mol. The summed E-state index contributed by atoms with van der Waals surface area (Å²) in [4.78, 5) is 20.1. The van der Waals surface area contributed by atoms with Gasteiger partial charge in [0.2, 0.25) is 0 Å². The Bertz CT molecular complexity index is 1550. The standard InChI is InChI=1S/C31H41N9O/c1-5-37-10-7-24(18-37)40-22(4)29(21(3)36-40)27-14-28(39-12-13-41-19-20(39)2)35-30(34-27)25-6-9-33-31-26(25)8-11-38(31)17-23-15-32-16-23/h6,8-9,11,14,20,23-24,32H,5,7,10,12-13,15-19H2,1-4H3/t20-,24?/m1/s1. The Morgan fingerprint density at radius 1 is 1.12 bits per heavy atom. The third-order valence-electron chi connectivity index (χ3n) is 9.22. The van der Waals surface area contributed by atoms with Gasteiger partial charge in [-0.3, -0.25) is 4.68 Å². The van der Waals surface area contributed by atoms with E-state index in [1.165, 1.54) is 5.69 Å². The monoisotopic (exact) mass is 555 g/mol. The predicted molar refractivity (Wildman–Crippen MR) is 161 cm³/mol. The highest BCUT2D eigenvalue weighted by molar-refractivity contribution is 5.92. The van der Waals surface area contributed by atoms with Crippen molar-refractivity contribution in [2.75, 3.05) is 57.4 Å². The second-order valence-electron chi connectivity index (χ2n) is 12.0. The Balaban J connectivity index is 1.34. The minimum absolute atomic E-state index is 0.234. The van der Waals surface area contributed by atoms with E-state index >= 15 is 0 Å². The Hall–Kier alpha value is -3.34. The largest absolute Gasteiger partial charge is 0.377 e. The first-order valence-corrected chi connectivity index (χ1v) is 15.2. The molecule has 1 N–H and O–H groups in total. The van der Waals surface area contributed by atoms with Crippen molar-refractivity contribution < 1.29 is 4.74 Å². The number of morpholine rings is 1. The maximum Gasteiger partial charge on any atom is 0.162 e. The molecule has 3 fully saturated rings. The number of likely N-dealkylation sites (tertiary alicyclic amines) is 1. The van der Waals surface area contributed by atoms with Crippen LogP contribution in [0.5, 0.6) is 0 Å². The molecule has 3 saturated heterocycles. The number of hydrogen-bond donors (Lipinski definition) is 1. The third-order valence-corrected chi connectivity index (χ3v) is 9.22. The third kappa shape index (κ3) is 4.81. The molecule has 1 unspecified atom stereocenters. The van der Waals surface area contributed by atoms with E-state index in [4.69, 9.17) is 24.8 Å². The number of rotatable bonds is 7. The highest BCUT2D eigenvalue weighted by Crippen LogP contribution is 2.35. The number of likely N-dealkylation sites (N-methyl/N-ethyl adjacent to an activating group) is 1. The minimum atomic E-state index is 0.234. The number of aromatic nitrogens is 6. The van der Waals surface area contributed by atoms with Crippen LogP contribution in [0.15, 0.2) is 30.6 Å². The van der Waals surface area contributed by atoms with E-state index < -0.39 is 0 Å². The van der Waals surface area contributed by atoms with E-state index in [2.05, 4.69) is 76.5 Å². The predicted octanol–water partition coefficient (Wildman–Crippen LogP) is 3.68. The second kappa shape index (κ2) is 10.8. The van der Waals surface area contributed by atoms with Crippen LogP contribution < -0.4 is 10.2 Å². The highest BCUT2D eigenvalue weighted by Gasteiger charge is 2.29. The zero-order chi connectivity index (χ0) is 28.1. The fourth-order valence-electron chi connectivity index (χ4n) is 6.77. The van der Waals surface area contributed by atoms with Gasteiger partial charge in [0.1, 0.15) is 11.5 Å². The van der Waals surface area contributed by atoms with Gasteiger partial charge in [0, 0.05) is 85.9 Å². The lowest BCUT2D eigenvalue weighted by molar-refractivity contribution is 0.0985. The Morgan fingerprint density at radius 2 is 2.00 bits per heavy atom. The molecule has 2 atom stereocenters. The number of pyridine rings is 1. The molecule has 0 radical (unpaired) electrons. The molecule has 3 aliphatic heterocycles. The van der Waals surface area contributed by atoms with Crippen molar-refractivity contribution in [1.29, 1.82) is 0 Å². The maximum atomic E-state index is 5.77. The molecule has 4 aromatic rings. The normalized spacial score (nSPS) is 22.1. The van der Waals surface area contributed by atoms with Crippen molar-refractivity contribution in [2.24, 2.45) is 5.92 Å². The number of nitrogens with zero attached hydrogens (tertiary/aromatic N) is 8. The molecule has 10 heteroatoms. The Morgan fingerprint density at radius 3 is 2.76 bits per heavy atom. The van der Waals surface area contributed by atoms with Gasteiger partial charge >= 0.3 is 0 Å². The maximum absolute atomic E-state index is 5.77. The lowest BCUT2D eigenvalue weighted by Gasteiger charge is -2.34. The number of nitrogens with one attached hydrogen (secondary N) is 1. The molecule has 4 aromatic heterocycles. The topological polar surface area (TPSA) is 89.2 Å². The number of hydrogen-bond acceptors (Lipinski definition) is 8. The highest BCUT2D eigenvalue weighted by atomic mass is 16.5. The summed E-state index contributed by atoms with van der Waals surface area (Å²) in [5.74, 6) is 2.32. The molecule has 10 nitrogen and oxygen atoms in total. The van der Waals surface area contributed by atoms with Gasteiger partial charge < -0.3 is 24.4 Å². The summed E-state index contributed by atoms with van der Waals surface area (Å²) in [7, 11) is 0. The van der Waals surface area contributed by atoms with Gasteiger partial charge in [-0.05, 0) is 45.9 Å². The molecule has 0 saturated carbocycles. The van der Waals surface area contributed by atoms with Crippen LogP contribution in [0.1, 0.15) is 37.7 Å². The lowest BCUT2D eigenvalue weighted by Crippen LogP contribution is -2.44. The second-order valence-corrected chi connectivity index (χ2v) is 12.0. The smallest absolute Gasteiger partial charge is 0.162 e. The molecule has 0 spiro atoms. The fourth-order valence-corrected chi connectivity index (χ4v) is 6.77. The summed E-state index contributed by atoms with van der Waals surface area (Å²) >= 11 is 0. The molecule has 0 aliphatic carbocycles. The molecular weight excluding hydrogens is 514 g/mol. The summed E-state index contributed by atoms with van der Waals surface area (Å²) in [5.41, 5.74) is 6.25. The van der Waals surface area contributed by atoms with Gasteiger partial charge in [0.25, 0.3) is 0 Å². The molecule has 7 heterocycles. The zero-order valence-electron chi connectivity index (χ0n) is 24.7. The van der Waals surface area contributed by atoms with Crippen LogP contribution in [0, 0.1) is 19.8 Å². The summed E-state index contributed by atoms with van der Waals surface area (Å²) in [6.45, 7) is 17.3. The molecule has 3 aliphatic rings. The molecule has 41 heavy (non-hydrogen) atoms. The van der Waals surface area contributed by atoms with Crippen molar-refractivity contribution in [3.63, 3.8) is 0 Å². The Labute approximate surface area is 241 Å². The summed E-state index contributed by atoms with van der Waals surface area (Å²) in [6, 6.07) is 7.02. The first kappa shape index (κ1) is 26.6. The van der Waals surface area contributed by atoms with Gasteiger partial charge in [0.05, 0.1) is 36.7 Å². The average Bonchev–Trinajstić information content (AvgIpc) is 3.67. The van der Waals surface area contributed by atoms with Crippen molar-refractivity contribution in [1.82, 2.24) is 39.5 Å². The lowest BCUT2D eigenvalue weighted by atomic mass is 10.0. The quantitative estimate of drug-likeness (QED) is 0.370. The van der Waals surface area contributed by atoms with Gasteiger partial charge in [-0.1, -0.05) is 6.92 Å². The van der Waals surface area contributed by atoms with Crippen LogP contribution in [-0.4, -0.2) is 92.7 Å². The van der Waals surface area contributed by atoms with Gasteiger partial charge in [-0.25, -0.2) is 15.0 Å². The van der Waals surface area contributed by atoms with Crippen molar-refractivity contribution in [3.05, 3.63) is 42.0 Å². The van der Waals surface area contributed by atoms with Gasteiger partial charge in [-0.15, -0.1) is 0 Å². The van der Waals surface area contributed by atoms with Crippen molar-refractivity contribution in [2.45, 2.75) is 52.7 Å². The number of ether oxygens (including phenoxy) is 1. The van der Waals surface area contributed by atoms with E-state index in [0.717, 1.165) is 97.4 Å². The van der Waals surface area contributed by atoms with E-state index in [-0.39, 0.29) is 6.04 Å². The molecular formula is C31H41N9O. The zero-order valence-corrected chi connectivity index (χ0v) is 24.7. The van der Waals surface area contributed by atoms with Crippen molar-refractivity contribution in [3.8, 4) is 22.6 Å². The van der Waals surface area contributed by atoms with Crippen LogP contribution in [0.4, 0.5) is 5.82 Å². The van der Waals surface area contributed by atoms with Gasteiger partial charge in [-0.2, -0.15) is 5.10 Å². The molecule has 0 amide bonds. The number of anilines is 1. The minimum Gasteiger partial charge on any atom is -0.377 e. The SMILES string of the molecule is CCN1CCC(n2nc(C)c(-c3cc(N4CCOC[C@H]4C)nc(-c4ccnc5c4ccn5CC4CNC4)n3)c2C)C1. The van der Waals surface area contributed by atoms with E-state index in [1.807, 2.05) is 6.20 Å². The summed E-state index contributed by atoms with van der Waals surface area (Å²) in [6.07, 6.45) is 5.19. The molecule has 0 bridgehead atoms. The van der Waals surface area contributed by atoms with Gasteiger partial charge in [0.15, 0.2) is 5.82 Å². The first-order valence-electron chi connectivity index (χ1n) is 15.2. The van der Waals surface area contributed by atoms with Crippen LogP contribution in [-0.2, 0) is 11.3 Å². The van der Waals surface area contributed by atoms with Crippen LogP contribution >= 0.6 is 0 Å². The van der Waals surface area contributed by atoms with E-state index in [0.29, 0.717) is 25.2 Å². The number of fused-ring (bicyclic) bond motifs is 1. The summed E-state index contributed by atoms with van der Waals surface area (Å²) < 4.78 is 10.3. The molecule has 0 aromatic carbocycles. The van der Waals surface area contributed by atoms with Crippen LogP contribution in [0.25, 0.3) is 33.7 Å². The molecule has 7 rings (SSSR count). The first-order chi connectivity index (χ1) is 20.0. The van der Waals surface area contributed by atoms with E-state index in [1.54, 1.807) is 0 Å². The van der Waals surface area contributed by atoms with E-state index in [9.17, 15) is 0 Å². The molecule has 216 valence electrons. The fraction of sp³-hybridized carbons (Fsp3) is 0.548. The van der Waals surface area contributed by atoms with Crippen LogP contribution in [0.2, 0.25) is 0 Å². The Kier molecular flexibility index (Phi) is 7.00. The van der Waals surface area contributed by atoms with Crippen molar-refractivity contribution >= 4 is 16.9 Å². The van der Waals surface area contributed by atoms with Crippen LogP contribution in [0.3, 0.4) is 0 Å². The number of aryl methyl sites for hydroxylation is 1.